The van der Waals surface area contributed by atoms with Crippen LogP contribution in [0, 0.1) is 5.82 Å². The molecule has 25 heavy (non-hydrogen) atoms. The highest BCUT2D eigenvalue weighted by Crippen LogP contribution is 2.18. The molecule has 0 aromatic heterocycles. The van der Waals surface area contributed by atoms with Crippen LogP contribution in [-0.2, 0) is 0 Å². The number of piperidine rings is 1. The first kappa shape index (κ1) is 17.6. The molecule has 2 aromatic carbocycles. The summed E-state index contributed by atoms with van der Waals surface area (Å²) < 4.78 is 13.0. The van der Waals surface area contributed by atoms with Gasteiger partial charge in [-0.05, 0) is 42.7 Å². The average Bonchev–Trinajstić information content (AvgIpc) is 2.64. The van der Waals surface area contributed by atoms with Crippen molar-refractivity contribution >= 4 is 5.91 Å². The number of rotatable bonds is 5. The molecule has 0 saturated carbocycles. The van der Waals surface area contributed by atoms with Gasteiger partial charge in [-0.1, -0.05) is 30.3 Å². The predicted molar refractivity (Wildman–Crippen MR) is 94.7 cm³/mol. The van der Waals surface area contributed by atoms with Crippen LogP contribution in [0.5, 0.6) is 0 Å². The standard InChI is InChI=1S/C20H23FN2O2/c21-17-8-6-15(7-9-17)19(24)14-23-12-10-18(11-13-23)22-20(25)16-4-2-1-3-5-16/h1-9,18-19,24H,10-14H2,(H,22,25)/t19-/m0/s1. The molecule has 4 nitrogen and oxygen atoms in total. The molecule has 2 aromatic rings. The van der Waals surface area contributed by atoms with Crippen LogP contribution in [0.1, 0.15) is 34.9 Å². The summed E-state index contributed by atoms with van der Waals surface area (Å²) in [5, 5.41) is 13.4. The van der Waals surface area contributed by atoms with Gasteiger partial charge < -0.3 is 15.3 Å². The molecule has 1 atom stereocenters. The number of likely N-dealkylation sites (tertiary alicyclic amines) is 1. The molecule has 1 fully saturated rings. The van der Waals surface area contributed by atoms with E-state index in [2.05, 4.69) is 10.2 Å². The van der Waals surface area contributed by atoms with E-state index in [-0.39, 0.29) is 17.8 Å². The largest absolute Gasteiger partial charge is 0.387 e. The summed E-state index contributed by atoms with van der Waals surface area (Å²) in [6, 6.07) is 15.3. The number of carbonyl (C=O) groups excluding carboxylic acids is 1. The number of nitrogens with zero attached hydrogens (tertiary/aromatic N) is 1. The Bertz CT molecular complexity index is 683. The van der Waals surface area contributed by atoms with Crippen molar-refractivity contribution in [1.82, 2.24) is 10.2 Å². The van der Waals surface area contributed by atoms with Crippen LogP contribution in [-0.4, -0.2) is 41.6 Å². The maximum atomic E-state index is 13.0. The minimum atomic E-state index is -0.629. The third kappa shape index (κ3) is 4.87. The summed E-state index contributed by atoms with van der Waals surface area (Å²) in [5.41, 5.74) is 1.40. The van der Waals surface area contributed by atoms with Crippen molar-refractivity contribution < 1.29 is 14.3 Å². The summed E-state index contributed by atoms with van der Waals surface area (Å²) in [4.78, 5) is 14.4. The van der Waals surface area contributed by atoms with Gasteiger partial charge >= 0.3 is 0 Å². The van der Waals surface area contributed by atoms with Gasteiger partial charge in [-0.15, -0.1) is 0 Å². The first-order valence-electron chi connectivity index (χ1n) is 8.63. The molecule has 0 bridgehead atoms. The number of benzene rings is 2. The van der Waals surface area contributed by atoms with Crippen molar-refractivity contribution in [1.29, 1.82) is 0 Å². The molecule has 0 spiro atoms. The first-order chi connectivity index (χ1) is 12.1. The van der Waals surface area contributed by atoms with E-state index >= 15 is 0 Å². The molecule has 0 aliphatic carbocycles. The minimum absolute atomic E-state index is 0.0367. The maximum Gasteiger partial charge on any atom is 0.251 e. The lowest BCUT2D eigenvalue weighted by Gasteiger charge is -2.33. The van der Waals surface area contributed by atoms with E-state index in [0.29, 0.717) is 12.1 Å². The second-order valence-electron chi connectivity index (χ2n) is 6.48. The van der Waals surface area contributed by atoms with Gasteiger partial charge in [0.15, 0.2) is 0 Å². The van der Waals surface area contributed by atoms with Crippen molar-refractivity contribution in [2.75, 3.05) is 19.6 Å². The molecule has 5 heteroatoms. The molecule has 1 aliphatic rings. The Morgan fingerprint density at radius 1 is 1.12 bits per heavy atom. The van der Waals surface area contributed by atoms with Crippen LogP contribution >= 0.6 is 0 Å². The van der Waals surface area contributed by atoms with Crippen molar-refractivity contribution in [2.24, 2.45) is 0 Å². The van der Waals surface area contributed by atoms with Crippen molar-refractivity contribution in [3.05, 3.63) is 71.5 Å². The summed E-state index contributed by atoms with van der Waals surface area (Å²) in [5.74, 6) is -0.337. The zero-order chi connectivity index (χ0) is 17.6. The maximum absolute atomic E-state index is 13.0. The molecular weight excluding hydrogens is 319 g/mol. The van der Waals surface area contributed by atoms with Gasteiger partial charge in [-0.3, -0.25) is 4.79 Å². The monoisotopic (exact) mass is 342 g/mol. The van der Waals surface area contributed by atoms with Crippen LogP contribution in [0.3, 0.4) is 0 Å². The zero-order valence-corrected chi connectivity index (χ0v) is 14.1. The van der Waals surface area contributed by atoms with Gasteiger partial charge in [-0.2, -0.15) is 0 Å². The number of nitrogens with one attached hydrogen (secondary N) is 1. The SMILES string of the molecule is O=C(NC1CCN(C[C@H](O)c2ccc(F)cc2)CC1)c1ccccc1. The third-order valence-electron chi connectivity index (χ3n) is 4.64. The van der Waals surface area contributed by atoms with E-state index < -0.39 is 6.10 Å². The molecule has 1 aliphatic heterocycles. The number of aliphatic hydroxyl groups is 1. The number of aliphatic hydroxyl groups excluding tert-OH is 1. The van der Waals surface area contributed by atoms with Crippen LogP contribution in [0.4, 0.5) is 4.39 Å². The Morgan fingerprint density at radius 2 is 1.76 bits per heavy atom. The Kier molecular flexibility index (Phi) is 5.79. The quantitative estimate of drug-likeness (QED) is 0.878. The second kappa shape index (κ2) is 8.23. The topological polar surface area (TPSA) is 52.6 Å². The summed E-state index contributed by atoms with van der Waals surface area (Å²) in [6.07, 6.45) is 1.08. The predicted octanol–water partition coefficient (Wildman–Crippen LogP) is 2.75. The molecule has 1 saturated heterocycles. The molecule has 1 heterocycles. The summed E-state index contributed by atoms with van der Waals surface area (Å²) in [7, 11) is 0. The lowest BCUT2D eigenvalue weighted by atomic mass is 10.0. The number of hydrogen-bond acceptors (Lipinski definition) is 3. The highest BCUT2D eigenvalue weighted by Gasteiger charge is 2.23. The summed E-state index contributed by atoms with van der Waals surface area (Å²) >= 11 is 0. The fourth-order valence-electron chi connectivity index (χ4n) is 3.15. The van der Waals surface area contributed by atoms with Gasteiger partial charge in [0.25, 0.3) is 5.91 Å². The first-order valence-corrected chi connectivity index (χ1v) is 8.63. The van der Waals surface area contributed by atoms with Crippen molar-refractivity contribution in [3.8, 4) is 0 Å². The molecule has 0 radical (unpaired) electrons. The Morgan fingerprint density at radius 3 is 2.40 bits per heavy atom. The van der Waals surface area contributed by atoms with Crippen LogP contribution < -0.4 is 5.32 Å². The van der Waals surface area contributed by atoms with Crippen LogP contribution in [0.15, 0.2) is 54.6 Å². The second-order valence-corrected chi connectivity index (χ2v) is 6.48. The van der Waals surface area contributed by atoms with Crippen molar-refractivity contribution in [3.63, 3.8) is 0 Å². The fourth-order valence-corrected chi connectivity index (χ4v) is 3.15. The van der Waals surface area contributed by atoms with E-state index in [0.717, 1.165) is 31.5 Å². The smallest absolute Gasteiger partial charge is 0.251 e. The molecule has 1 amide bonds. The van der Waals surface area contributed by atoms with Crippen molar-refractivity contribution in [2.45, 2.75) is 25.0 Å². The van der Waals surface area contributed by atoms with E-state index in [1.165, 1.54) is 12.1 Å². The molecular formula is C20H23FN2O2. The fraction of sp³-hybridized carbons (Fsp3) is 0.350. The van der Waals surface area contributed by atoms with Gasteiger partial charge in [0.2, 0.25) is 0 Å². The van der Waals surface area contributed by atoms with Crippen LogP contribution in [0.2, 0.25) is 0 Å². The highest BCUT2D eigenvalue weighted by atomic mass is 19.1. The average molecular weight is 342 g/mol. The van der Waals surface area contributed by atoms with Gasteiger partial charge in [0, 0.05) is 31.2 Å². The van der Waals surface area contributed by atoms with Crippen LogP contribution in [0.25, 0.3) is 0 Å². The van der Waals surface area contributed by atoms with E-state index in [9.17, 15) is 14.3 Å². The highest BCUT2D eigenvalue weighted by molar-refractivity contribution is 5.94. The van der Waals surface area contributed by atoms with Gasteiger partial charge in [0.1, 0.15) is 5.82 Å². The number of β-amino-alcohol motifs (C(OH)–C–C–N with tert-alkyl or cyclic N) is 1. The molecule has 3 rings (SSSR count). The minimum Gasteiger partial charge on any atom is -0.387 e. The van der Waals surface area contributed by atoms with E-state index in [1.54, 1.807) is 12.1 Å². The third-order valence-corrected chi connectivity index (χ3v) is 4.64. The summed E-state index contributed by atoms with van der Waals surface area (Å²) in [6.45, 7) is 2.15. The van der Waals surface area contributed by atoms with E-state index in [1.807, 2.05) is 30.3 Å². The number of halogens is 1. The van der Waals surface area contributed by atoms with Gasteiger partial charge in [0.05, 0.1) is 6.10 Å². The van der Waals surface area contributed by atoms with Gasteiger partial charge in [-0.25, -0.2) is 4.39 Å². The Labute approximate surface area is 147 Å². The lowest BCUT2D eigenvalue weighted by molar-refractivity contribution is 0.0828. The number of hydrogen-bond donors (Lipinski definition) is 2. The zero-order valence-electron chi connectivity index (χ0n) is 14.1. The molecule has 0 unspecified atom stereocenters. The Hall–Kier alpha value is -2.24. The Balaban J connectivity index is 1.45. The number of amides is 1. The van der Waals surface area contributed by atoms with E-state index in [4.69, 9.17) is 0 Å². The lowest BCUT2D eigenvalue weighted by Crippen LogP contribution is -2.45. The number of carbonyl (C=O) groups is 1. The molecule has 132 valence electrons. The molecule has 2 N–H and O–H groups in total. The normalized spacial score (nSPS) is 17.2.